The van der Waals surface area contributed by atoms with E-state index in [1.807, 2.05) is 0 Å². The van der Waals surface area contributed by atoms with E-state index in [1.165, 1.54) is 0 Å². The Labute approximate surface area is 128 Å². The van der Waals surface area contributed by atoms with Crippen LogP contribution in [0.1, 0.15) is 35.4 Å². The molecule has 1 aliphatic carbocycles. The number of fused-ring (bicyclic) bond motifs is 1. The lowest BCUT2D eigenvalue weighted by molar-refractivity contribution is -0.124. The number of amides is 2. The molecule has 1 aromatic rings. The van der Waals surface area contributed by atoms with Crippen LogP contribution in [0.15, 0.2) is 0 Å². The highest BCUT2D eigenvalue weighted by Crippen LogP contribution is 2.38. The zero-order valence-corrected chi connectivity index (χ0v) is 12.9. The van der Waals surface area contributed by atoms with Gasteiger partial charge in [-0.15, -0.1) is 0 Å². The van der Waals surface area contributed by atoms with E-state index in [2.05, 4.69) is 15.5 Å². The summed E-state index contributed by atoms with van der Waals surface area (Å²) in [6.07, 6.45) is 2.38. The van der Waals surface area contributed by atoms with Gasteiger partial charge in [-0.2, -0.15) is 5.10 Å². The maximum Gasteiger partial charge on any atom is 0.275 e. The molecule has 0 radical (unpaired) electrons. The Morgan fingerprint density at radius 3 is 2.76 bits per heavy atom. The number of hydrogen-bond donors (Lipinski definition) is 2. The second-order valence-electron chi connectivity index (χ2n) is 6.08. The summed E-state index contributed by atoms with van der Waals surface area (Å²) in [6.45, 7) is 2.51. The zero-order valence-electron chi connectivity index (χ0n) is 12.1. The van der Waals surface area contributed by atoms with E-state index in [4.69, 9.17) is 11.6 Å². The number of carbonyl (C=O) groups excluding carboxylic acids is 2. The first-order valence-electron chi connectivity index (χ1n) is 7.21. The summed E-state index contributed by atoms with van der Waals surface area (Å²) < 4.78 is 0. The zero-order chi connectivity index (χ0) is 15.1. The smallest absolute Gasteiger partial charge is 0.275 e. The van der Waals surface area contributed by atoms with E-state index >= 15 is 0 Å². The lowest BCUT2D eigenvalue weighted by Gasteiger charge is -2.24. The minimum absolute atomic E-state index is 0.122. The third-order valence-electron chi connectivity index (χ3n) is 4.77. The van der Waals surface area contributed by atoms with Crippen molar-refractivity contribution in [2.24, 2.45) is 11.8 Å². The number of H-pyrrole nitrogens is 1. The summed E-state index contributed by atoms with van der Waals surface area (Å²) in [4.78, 5) is 25.7. The van der Waals surface area contributed by atoms with Crippen LogP contribution in [0.3, 0.4) is 0 Å². The lowest BCUT2D eigenvalue weighted by Crippen LogP contribution is -2.38. The number of halogens is 1. The number of hydrogen-bond acceptors (Lipinski definition) is 3. The molecular formula is C14H19ClN4O2. The standard InChI is InChI=1S/C14H19ClN4O2/c1-7-12(15)13(18-17-7)14(21)19(2)10-3-8-5-11(20)16-6-9(8)4-10/h8-10H,3-6H2,1-2H3,(H,16,20)(H,17,18)/t8-,9+,10-/m1/s1. The fraction of sp³-hybridized carbons (Fsp3) is 0.643. The van der Waals surface area contributed by atoms with Gasteiger partial charge in [0.1, 0.15) is 0 Å². The Bertz CT molecular complexity index is 586. The van der Waals surface area contributed by atoms with Crippen molar-refractivity contribution in [3.8, 4) is 0 Å². The van der Waals surface area contributed by atoms with Crippen molar-refractivity contribution >= 4 is 23.4 Å². The summed E-state index contributed by atoms with van der Waals surface area (Å²) in [7, 11) is 1.79. The van der Waals surface area contributed by atoms with Crippen molar-refractivity contribution in [3.63, 3.8) is 0 Å². The van der Waals surface area contributed by atoms with E-state index in [1.54, 1.807) is 18.9 Å². The molecule has 21 heavy (non-hydrogen) atoms. The molecule has 2 fully saturated rings. The molecule has 1 saturated heterocycles. The molecule has 0 unspecified atom stereocenters. The van der Waals surface area contributed by atoms with Crippen molar-refractivity contribution in [1.82, 2.24) is 20.4 Å². The molecule has 6 nitrogen and oxygen atoms in total. The third-order valence-corrected chi connectivity index (χ3v) is 5.23. The molecule has 7 heteroatoms. The van der Waals surface area contributed by atoms with Crippen LogP contribution in [-0.4, -0.2) is 46.5 Å². The lowest BCUT2D eigenvalue weighted by atomic mass is 9.89. The van der Waals surface area contributed by atoms with Gasteiger partial charge in [0.2, 0.25) is 5.91 Å². The topological polar surface area (TPSA) is 78.1 Å². The van der Waals surface area contributed by atoms with Crippen LogP contribution < -0.4 is 5.32 Å². The molecule has 114 valence electrons. The van der Waals surface area contributed by atoms with Gasteiger partial charge in [-0.3, -0.25) is 14.7 Å². The number of aryl methyl sites for hydroxylation is 1. The Morgan fingerprint density at radius 1 is 1.38 bits per heavy atom. The van der Waals surface area contributed by atoms with E-state index < -0.39 is 0 Å². The highest BCUT2D eigenvalue weighted by Gasteiger charge is 2.41. The van der Waals surface area contributed by atoms with E-state index in [0.717, 1.165) is 19.4 Å². The van der Waals surface area contributed by atoms with Crippen LogP contribution >= 0.6 is 11.6 Å². The molecule has 1 aromatic heterocycles. The molecule has 0 spiro atoms. The van der Waals surface area contributed by atoms with Gasteiger partial charge in [-0.25, -0.2) is 0 Å². The van der Waals surface area contributed by atoms with Crippen molar-refractivity contribution in [2.75, 3.05) is 13.6 Å². The van der Waals surface area contributed by atoms with Crippen LogP contribution in [0.25, 0.3) is 0 Å². The quantitative estimate of drug-likeness (QED) is 0.865. The van der Waals surface area contributed by atoms with Crippen molar-refractivity contribution in [1.29, 1.82) is 0 Å². The Morgan fingerprint density at radius 2 is 2.10 bits per heavy atom. The number of nitrogens with one attached hydrogen (secondary N) is 2. The van der Waals surface area contributed by atoms with E-state index in [9.17, 15) is 9.59 Å². The number of aromatic nitrogens is 2. The first-order valence-corrected chi connectivity index (χ1v) is 7.59. The van der Waals surface area contributed by atoms with Crippen LogP contribution in [0.5, 0.6) is 0 Å². The van der Waals surface area contributed by atoms with Gasteiger partial charge < -0.3 is 10.2 Å². The first kappa shape index (κ1) is 14.4. The van der Waals surface area contributed by atoms with Gasteiger partial charge in [-0.05, 0) is 31.6 Å². The monoisotopic (exact) mass is 310 g/mol. The van der Waals surface area contributed by atoms with E-state index in [0.29, 0.717) is 29.0 Å². The molecule has 0 aromatic carbocycles. The van der Waals surface area contributed by atoms with Gasteiger partial charge in [0, 0.05) is 26.1 Å². The largest absolute Gasteiger partial charge is 0.356 e. The molecule has 3 atom stereocenters. The summed E-state index contributed by atoms with van der Waals surface area (Å²) in [5.41, 5.74) is 0.976. The summed E-state index contributed by atoms with van der Waals surface area (Å²) in [5.74, 6) is 0.818. The molecule has 2 aliphatic rings. The molecule has 2 N–H and O–H groups in total. The minimum Gasteiger partial charge on any atom is -0.356 e. The van der Waals surface area contributed by atoms with Crippen molar-refractivity contribution < 1.29 is 9.59 Å². The van der Waals surface area contributed by atoms with Gasteiger partial charge in [-0.1, -0.05) is 11.6 Å². The van der Waals surface area contributed by atoms with Crippen LogP contribution in [0, 0.1) is 18.8 Å². The molecule has 1 saturated carbocycles. The molecular weight excluding hydrogens is 292 g/mol. The van der Waals surface area contributed by atoms with E-state index in [-0.39, 0.29) is 23.6 Å². The van der Waals surface area contributed by atoms with Crippen molar-refractivity contribution in [2.45, 2.75) is 32.2 Å². The number of rotatable bonds is 2. The fourth-order valence-corrected chi connectivity index (χ4v) is 3.61. The SMILES string of the molecule is Cc1[nH]nc(C(=O)N(C)[C@H]2C[C@H]3CNC(=O)C[C@H]3C2)c1Cl. The fourth-order valence-electron chi connectivity index (χ4n) is 3.44. The highest BCUT2D eigenvalue weighted by atomic mass is 35.5. The molecule has 2 amide bonds. The molecule has 0 bridgehead atoms. The third kappa shape index (κ3) is 2.52. The Balaban J connectivity index is 1.71. The maximum atomic E-state index is 12.5. The predicted molar refractivity (Wildman–Crippen MR) is 78.1 cm³/mol. The second-order valence-corrected chi connectivity index (χ2v) is 6.46. The molecule has 2 heterocycles. The van der Waals surface area contributed by atoms with Gasteiger partial charge in [0.25, 0.3) is 5.91 Å². The summed E-state index contributed by atoms with van der Waals surface area (Å²) >= 11 is 6.10. The van der Waals surface area contributed by atoms with Crippen LogP contribution in [-0.2, 0) is 4.79 Å². The van der Waals surface area contributed by atoms with Gasteiger partial charge >= 0.3 is 0 Å². The van der Waals surface area contributed by atoms with Crippen molar-refractivity contribution in [3.05, 3.63) is 16.4 Å². The number of nitrogens with zero attached hydrogens (tertiary/aromatic N) is 2. The summed E-state index contributed by atoms with van der Waals surface area (Å²) in [5, 5.41) is 10.0. The normalized spacial score (nSPS) is 28.1. The van der Waals surface area contributed by atoms with Crippen LogP contribution in [0.4, 0.5) is 0 Å². The number of aromatic amines is 1. The number of piperidine rings is 1. The average molecular weight is 311 g/mol. The Hall–Kier alpha value is -1.56. The maximum absolute atomic E-state index is 12.5. The molecule has 3 rings (SSSR count). The van der Waals surface area contributed by atoms with Crippen LogP contribution in [0.2, 0.25) is 5.02 Å². The van der Waals surface area contributed by atoms with Gasteiger partial charge in [0.05, 0.1) is 10.7 Å². The predicted octanol–water partition coefficient (Wildman–Crippen LogP) is 1.36. The molecule has 1 aliphatic heterocycles. The van der Waals surface area contributed by atoms with Gasteiger partial charge in [0.15, 0.2) is 5.69 Å². The summed E-state index contributed by atoms with van der Waals surface area (Å²) in [6, 6.07) is 0.147. The average Bonchev–Trinajstić information content (AvgIpc) is 3.01. The highest BCUT2D eigenvalue weighted by molar-refractivity contribution is 6.34. The number of carbonyl (C=O) groups is 2. The Kier molecular flexibility index (Phi) is 3.65. The minimum atomic E-state index is -0.160. The second kappa shape index (κ2) is 5.33. The first-order chi connectivity index (χ1) is 9.97.